The smallest absolute Gasteiger partial charge is 0.338 e. The van der Waals surface area contributed by atoms with Crippen molar-refractivity contribution in [3.05, 3.63) is 46.5 Å². The van der Waals surface area contributed by atoms with E-state index in [0.717, 1.165) is 12.8 Å². The van der Waals surface area contributed by atoms with Gasteiger partial charge in [0, 0.05) is 36.2 Å². The molecule has 0 aromatic carbocycles. The van der Waals surface area contributed by atoms with Crippen LogP contribution in [-0.2, 0) is 0 Å². The third-order valence-corrected chi connectivity index (χ3v) is 4.61. The largest absolute Gasteiger partial charge is 0.478 e. The van der Waals surface area contributed by atoms with Crippen LogP contribution in [0.5, 0.6) is 0 Å². The van der Waals surface area contributed by atoms with Crippen molar-refractivity contribution in [2.45, 2.75) is 18.9 Å². The summed E-state index contributed by atoms with van der Waals surface area (Å²) in [6, 6.07) is 1.82. The Bertz CT molecular complexity index is 738. The zero-order chi connectivity index (χ0) is 16.4. The number of nitrogens with zero attached hydrogens (tertiary/aromatic N) is 4. The Morgan fingerprint density at radius 3 is 2.61 bits per heavy atom. The number of likely N-dealkylation sites (tertiary alicyclic amines) is 1. The Balaban J connectivity index is 1.65. The highest BCUT2D eigenvalue weighted by molar-refractivity contribution is 9.10. The monoisotopic (exact) mass is 378 g/mol. The Morgan fingerprint density at radius 2 is 2.00 bits per heavy atom. The standard InChI is InChI=1S/C15H15BrN4O3/c16-13-8-17-4-1-12(13)14(21)19-5-2-11(3-6-19)20-9-10(7-18-20)15(22)23/h1,4,7-9,11H,2-3,5-6H2,(H,22,23). The van der Waals surface area contributed by atoms with Crippen LogP contribution in [0.3, 0.4) is 0 Å². The van der Waals surface area contributed by atoms with Gasteiger partial charge in [0.05, 0.1) is 23.4 Å². The van der Waals surface area contributed by atoms with Crippen molar-refractivity contribution in [3.8, 4) is 0 Å². The zero-order valence-electron chi connectivity index (χ0n) is 12.2. The summed E-state index contributed by atoms with van der Waals surface area (Å²) in [6.45, 7) is 1.22. The minimum Gasteiger partial charge on any atom is -0.478 e. The summed E-state index contributed by atoms with van der Waals surface area (Å²) in [4.78, 5) is 29.2. The first-order valence-electron chi connectivity index (χ1n) is 7.22. The Kier molecular flexibility index (Phi) is 4.42. The number of aromatic nitrogens is 3. The average molecular weight is 379 g/mol. The highest BCUT2D eigenvalue weighted by Gasteiger charge is 2.26. The van der Waals surface area contributed by atoms with Crippen LogP contribution in [0.1, 0.15) is 39.6 Å². The summed E-state index contributed by atoms with van der Waals surface area (Å²) in [6.07, 6.45) is 7.60. The van der Waals surface area contributed by atoms with E-state index in [2.05, 4.69) is 26.0 Å². The number of aromatic carboxylic acids is 1. The second-order valence-electron chi connectivity index (χ2n) is 5.39. The van der Waals surface area contributed by atoms with Gasteiger partial charge in [-0.3, -0.25) is 14.5 Å². The second kappa shape index (κ2) is 6.49. The molecule has 1 N–H and O–H groups in total. The molecule has 7 nitrogen and oxygen atoms in total. The van der Waals surface area contributed by atoms with Crippen molar-refractivity contribution in [2.75, 3.05) is 13.1 Å². The summed E-state index contributed by atoms with van der Waals surface area (Å²) in [7, 11) is 0. The van der Waals surface area contributed by atoms with Crippen LogP contribution < -0.4 is 0 Å². The van der Waals surface area contributed by atoms with Crippen molar-refractivity contribution in [2.24, 2.45) is 0 Å². The first-order chi connectivity index (χ1) is 11.1. The van der Waals surface area contributed by atoms with Gasteiger partial charge in [-0.05, 0) is 34.8 Å². The van der Waals surface area contributed by atoms with Crippen molar-refractivity contribution in [1.82, 2.24) is 19.7 Å². The lowest BCUT2D eigenvalue weighted by atomic mass is 10.0. The van der Waals surface area contributed by atoms with E-state index in [9.17, 15) is 9.59 Å². The first-order valence-corrected chi connectivity index (χ1v) is 8.02. The minimum atomic E-state index is -0.980. The van der Waals surface area contributed by atoms with E-state index in [0.29, 0.717) is 23.1 Å². The van der Waals surface area contributed by atoms with E-state index in [1.807, 2.05) is 0 Å². The number of hydrogen-bond acceptors (Lipinski definition) is 4. The van der Waals surface area contributed by atoms with E-state index < -0.39 is 5.97 Å². The van der Waals surface area contributed by atoms with Gasteiger partial charge in [0.2, 0.25) is 0 Å². The lowest BCUT2D eigenvalue weighted by molar-refractivity contribution is 0.0687. The SMILES string of the molecule is O=C(O)c1cnn(C2CCN(C(=O)c3ccncc3Br)CC2)c1. The Labute approximate surface area is 141 Å². The van der Waals surface area contributed by atoms with Gasteiger partial charge >= 0.3 is 5.97 Å². The molecule has 2 aromatic rings. The number of rotatable bonds is 3. The summed E-state index contributed by atoms with van der Waals surface area (Å²) >= 11 is 3.35. The van der Waals surface area contributed by atoms with E-state index >= 15 is 0 Å². The van der Waals surface area contributed by atoms with Crippen molar-refractivity contribution in [1.29, 1.82) is 0 Å². The van der Waals surface area contributed by atoms with Crippen LogP contribution in [0.15, 0.2) is 35.3 Å². The molecule has 0 unspecified atom stereocenters. The number of hydrogen-bond donors (Lipinski definition) is 1. The molecule has 1 fully saturated rings. The third kappa shape index (κ3) is 3.26. The fourth-order valence-corrected chi connectivity index (χ4v) is 3.12. The Hall–Kier alpha value is -2.22. The number of carboxylic acid groups (broad SMARTS) is 1. The molecule has 0 bridgehead atoms. The molecular weight excluding hydrogens is 364 g/mol. The molecule has 3 rings (SSSR count). The molecule has 0 saturated carbocycles. The van der Waals surface area contributed by atoms with Crippen LogP contribution >= 0.6 is 15.9 Å². The highest BCUT2D eigenvalue weighted by atomic mass is 79.9. The normalized spacial score (nSPS) is 15.6. The van der Waals surface area contributed by atoms with Crippen LogP contribution in [-0.4, -0.2) is 49.7 Å². The molecule has 120 valence electrons. The van der Waals surface area contributed by atoms with Crippen LogP contribution in [0.4, 0.5) is 0 Å². The molecule has 1 amide bonds. The molecule has 0 radical (unpaired) electrons. The van der Waals surface area contributed by atoms with Gasteiger partial charge in [0.25, 0.3) is 5.91 Å². The molecule has 1 aliphatic rings. The van der Waals surface area contributed by atoms with Gasteiger partial charge in [-0.2, -0.15) is 5.10 Å². The van der Waals surface area contributed by atoms with Crippen LogP contribution in [0.2, 0.25) is 0 Å². The fourth-order valence-electron chi connectivity index (χ4n) is 2.70. The lowest BCUT2D eigenvalue weighted by Crippen LogP contribution is -2.39. The van der Waals surface area contributed by atoms with Gasteiger partial charge in [-0.25, -0.2) is 4.79 Å². The predicted octanol–water partition coefficient (Wildman–Crippen LogP) is 2.22. The molecule has 0 atom stereocenters. The maximum atomic E-state index is 12.5. The molecule has 0 aliphatic carbocycles. The number of carbonyl (C=O) groups is 2. The van der Waals surface area contributed by atoms with Gasteiger partial charge in [0.15, 0.2) is 0 Å². The van der Waals surface area contributed by atoms with Crippen molar-refractivity contribution >= 4 is 27.8 Å². The topological polar surface area (TPSA) is 88.3 Å². The van der Waals surface area contributed by atoms with Gasteiger partial charge < -0.3 is 10.0 Å². The van der Waals surface area contributed by atoms with Crippen LogP contribution in [0.25, 0.3) is 0 Å². The molecule has 0 spiro atoms. The number of carbonyl (C=O) groups excluding carboxylic acids is 1. The van der Waals surface area contributed by atoms with Crippen molar-refractivity contribution < 1.29 is 14.7 Å². The molecular formula is C15H15BrN4O3. The molecule has 3 heterocycles. The molecule has 1 aliphatic heterocycles. The number of pyridine rings is 1. The quantitative estimate of drug-likeness (QED) is 0.884. The number of halogens is 1. The fraction of sp³-hybridized carbons (Fsp3) is 0.333. The van der Waals surface area contributed by atoms with Gasteiger partial charge in [0.1, 0.15) is 0 Å². The minimum absolute atomic E-state index is 0.0237. The van der Waals surface area contributed by atoms with E-state index in [4.69, 9.17) is 5.11 Å². The van der Waals surface area contributed by atoms with Gasteiger partial charge in [-0.15, -0.1) is 0 Å². The summed E-state index contributed by atoms with van der Waals surface area (Å²) in [5.74, 6) is -1.00. The van der Waals surface area contributed by atoms with Crippen LogP contribution in [0, 0.1) is 0 Å². The predicted molar refractivity (Wildman–Crippen MR) is 85.3 cm³/mol. The number of piperidine rings is 1. The Morgan fingerprint density at radius 1 is 1.26 bits per heavy atom. The molecule has 23 heavy (non-hydrogen) atoms. The second-order valence-corrected chi connectivity index (χ2v) is 6.25. The van der Waals surface area contributed by atoms with Crippen molar-refractivity contribution in [3.63, 3.8) is 0 Å². The van der Waals surface area contributed by atoms with E-state index in [1.54, 1.807) is 34.2 Å². The number of amides is 1. The third-order valence-electron chi connectivity index (χ3n) is 3.98. The maximum absolute atomic E-state index is 12.5. The molecule has 1 saturated heterocycles. The first kappa shape index (κ1) is 15.7. The average Bonchev–Trinajstić information content (AvgIpc) is 3.05. The zero-order valence-corrected chi connectivity index (χ0v) is 13.8. The maximum Gasteiger partial charge on any atom is 0.338 e. The van der Waals surface area contributed by atoms with E-state index in [1.165, 1.54) is 6.20 Å². The molecule has 2 aromatic heterocycles. The highest BCUT2D eigenvalue weighted by Crippen LogP contribution is 2.25. The van der Waals surface area contributed by atoms with Gasteiger partial charge in [-0.1, -0.05) is 0 Å². The number of carboxylic acids is 1. The molecule has 8 heteroatoms. The summed E-state index contributed by atoms with van der Waals surface area (Å²) in [5, 5.41) is 13.1. The van der Waals surface area contributed by atoms with E-state index in [-0.39, 0.29) is 17.5 Å². The lowest BCUT2D eigenvalue weighted by Gasteiger charge is -2.32. The summed E-state index contributed by atoms with van der Waals surface area (Å²) in [5.41, 5.74) is 0.787. The summed E-state index contributed by atoms with van der Waals surface area (Å²) < 4.78 is 2.37.